The standard InChI is InChI=1S/C50H80N2O8Si8/c1-61(2,3)57-65(13,14)53-47-33-25-43(26-34-47)51(44-27-35-48(36-28-44)54-66(15,16)58-62(4,5)6)41-21-23-42(24-22-41)52(45-29-37-49(38-30-45)55-67(17,18)59-63(7,8)9)46-31-39-50(40-32-46)56-68(19,20)60-64(10,11)12/h21-40H,1-20H3. The highest BCUT2D eigenvalue weighted by Gasteiger charge is 2.36. The molecule has 0 N–H and O–H groups in total. The lowest BCUT2D eigenvalue weighted by Crippen LogP contribution is -2.47. The first kappa shape index (κ1) is 55.4. The van der Waals surface area contributed by atoms with Gasteiger partial charge in [0.1, 0.15) is 23.0 Å². The molecule has 68 heavy (non-hydrogen) atoms. The van der Waals surface area contributed by atoms with Crippen molar-refractivity contribution >= 4 is 102 Å². The molecular weight excluding hydrogens is 981 g/mol. The van der Waals surface area contributed by atoms with Crippen LogP contribution in [0, 0.1) is 0 Å². The van der Waals surface area contributed by atoms with Crippen LogP contribution in [0.15, 0.2) is 121 Å². The maximum Gasteiger partial charge on any atom is 0.382 e. The molecule has 0 saturated heterocycles. The highest BCUT2D eigenvalue weighted by molar-refractivity contribution is 6.83. The quantitative estimate of drug-likeness (QED) is 0.0625. The Morgan fingerprint density at radius 1 is 0.221 bits per heavy atom. The number of anilines is 6. The lowest BCUT2D eigenvalue weighted by Gasteiger charge is -2.32. The van der Waals surface area contributed by atoms with Gasteiger partial charge in [0.15, 0.2) is 33.3 Å². The summed E-state index contributed by atoms with van der Waals surface area (Å²) in [6.07, 6.45) is 0. The fourth-order valence-electron chi connectivity index (χ4n) is 8.47. The molecule has 0 unspecified atom stereocenters. The molecule has 5 aromatic rings. The van der Waals surface area contributed by atoms with E-state index in [0.717, 1.165) is 57.1 Å². The van der Waals surface area contributed by atoms with Gasteiger partial charge in [-0.1, -0.05) is 0 Å². The van der Waals surface area contributed by atoms with E-state index in [1.165, 1.54) is 0 Å². The second-order valence-corrected chi connectivity index (χ2v) is 55.2. The molecule has 0 aliphatic rings. The molecule has 18 heteroatoms. The van der Waals surface area contributed by atoms with Gasteiger partial charge in [-0.05, 0) is 252 Å². The topological polar surface area (TPSA) is 80.3 Å². The molecule has 0 atom stereocenters. The van der Waals surface area contributed by atoms with E-state index in [-0.39, 0.29) is 0 Å². The van der Waals surface area contributed by atoms with Crippen molar-refractivity contribution in [3.05, 3.63) is 121 Å². The van der Waals surface area contributed by atoms with Gasteiger partial charge in [0.25, 0.3) is 0 Å². The smallest absolute Gasteiger partial charge is 0.382 e. The summed E-state index contributed by atoms with van der Waals surface area (Å²) < 4.78 is 52.1. The van der Waals surface area contributed by atoms with E-state index in [1.54, 1.807) is 0 Å². The Bertz CT molecular complexity index is 2080. The van der Waals surface area contributed by atoms with Crippen molar-refractivity contribution in [2.75, 3.05) is 9.80 Å². The molecule has 370 valence electrons. The molecule has 0 aliphatic heterocycles. The summed E-state index contributed by atoms with van der Waals surface area (Å²) in [4.78, 5) is 4.51. The SMILES string of the molecule is C[Si](C)(C)O[Si](C)(C)Oc1ccc(N(c2ccc(O[Si](C)(C)O[Si](C)(C)C)cc2)c2ccc(N(c3ccc(O[Si](C)(C)O[Si](C)(C)C)cc3)c3ccc(O[Si](C)(C)O[Si](C)(C)C)cc3)cc2)cc1. The van der Waals surface area contributed by atoms with Gasteiger partial charge >= 0.3 is 34.2 Å². The maximum atomic E-state index is 6.53. The Morgan fingerprint density at radius 2 is 0.353 bits per heavy atom. The van der Waals surface area contributed by atoms with Gasteiger partial charge in [-0.15, -0.1) is 0 Å². The maximum absolute atomic E-state index is 6.53. The van der Waals surface area contributed by atoms with Crippen LogP contribution in [0.4, 0.5) is 34.1 Å². The van der Waals surface area contributed by atoms with Gasteiger partial charge in [-0.2, -0.15) is 0 Å². The molecule has 5 rings (SSSR count). The summed E-state index contributed by atoms with van der Waals surface area (Å²) in [6, 6.07) is 41.9. The van der Waals surface area contributed by atoms with Crippen molar-refractivity contribution in [3.63, 3.8) is 0 Å². The summed E-state index contributed by atoms with van der Waals surface area (Å²) in [5, 5.41) is 0. The van der Waals surface area contributed by atoms with E-state index in [0.29, 0.717) is 0 Å². The minimum absolute atomic E-state index is 0.796. The number of hydrogen-bond donors (Lipinski definition) is 0. The Balaban J connectivity index is 1.55. The zero-order valence-corrected chi connectivity index (χ0v) is 52.7. The van der Waals surface area contributed by atoms with Crippen molar-refractivity contribution in [2.24, 2.45) is 0 Å². The average molecular weight is 1060 g/mol. The lowest BCUT2D eigenvalue weighted by molar-refractivity contribution is 0.396. The minimum Gasteiger partial charge on any atom is -0.521 e. The molecule has 0 bridgehead atoms. The molecule has 0 aliphatic carbocycles. The summed E-state index contributed by atoms with van der Waals surface area (Å²) in [5.41, 5.74) is 5.91. The van der Waals surface area contributed by atoms with E-state index >= 15 is 0 Å². The van der Waals surface area contributed by atoms with E-state index in [1.807, 2.05) is 48.5 Å². The predicted octanol–water partition coefficient (Wildman–Crippen LogP) is 16.4. The van der Waals surface area contributed by atoms with Gasteiger partial charge in [-0.25, -0.2) is 0 Å². The second-order valence-electron chi connectivity index (χ2n) is 23.0. The summed E-state index contributed by atoms with van der Waals surface area (Å²) in [5.74, 6) is 3.18. The average Bonchev–Trinajstić information content (AvgIpc) is 3.14. The van der Waals surface area contributed by atoms with Crippen LogP contribution < -0.4 is 27.5 Å². The highest BCUT2D eigenvalue weighted by atomic mass is 28.5. The van der Waals surface area contributed by atoms with Crippen LogP contribution in [-0.4, -0.2) is 67.5 Å². The summed E-state index contributed by atoms with van der Waals surface area (Å²) in [7, 11) is -16.8. The van der Waals surface area contributed by atoms with Gasteiger partial charge in [0, 0.05) is 34.1 Å². The zero-order chi connectivity index (χ0) is 50.7. The van der Waals surface area contributed by atoms with Gasteiger partial charge < -0.3 is 44.0 Å². The molecule has 0 radical (unpaired) electrons. The monoisotopic (exact) mass is 1060 g/mol. The Hall–Kier alpha value is -3.52. The number of nitrogens with zero attached hydrogens (tertiary/aromatic N) is 2. The van der Waals surface area contributed by atoms with Gasteiger partial charge in [0.2, 0.25) is 0 Å². The van der Waals surface area contributed by atoms with Crippen LogP contribution in [0.2, 0.25) is 131 Å². The number of hydrogen-bond acceptors (Lipinski definition) is 10. The molecular formula is C50H80N2O8Si8. The van der Waals surface area contributed by atoms with Gasteiger partial charge in [-0.3, -0.25) is 0 Å². The normalized spacial score (nSPS) is 13.2. The van der Waals surface area contributed by atoms with Crippen molar-refractivity contribution in [2.45, 2.75) is 131 Å². The van der Waals surface area contributed by atoms with Crippen molar-refractivity contribution in [1.29, 1.82) is 0 Å². The number of rotatable bonds is 22. The molecule has 0 amide bonds. The minimum atomic E-state index is -2.41. The first-order valence-electron chi connectivity index (χ1n) is 23.7. The third kappa shape index (κ3) is 18.0. The first-order chi connectivity index (χ1) is 31.0. The predicted molar refractivity (Wildman–Crippen MR) is 306 cm³/mol. The van der Waals surface area contributed by atoms with Gasteiger partial charge in [0.05, 0.1) is 0 Å². The Morgan fingerprint density at radius 3 is 0.485 bits per heavy atom. The highest BCUT2D eigenvalue weighted by Crippen LogP contribution is 2.41. The van der Waals surface area contributed by atoms with Crippen molar-refractivity contribution in [1.82, 2.24) is 0 Å². The third-order valence-corrected chi connectivity index (χ3v) is 30.0. The zero-order valence-electron chi connectivity index (χ0n) is 44.7. The molecule has 10 nitrogen and oxygen atoms in total. The largest absolute Gasteiger partial charge is 0.521 e. The van der Waals surface area contributed by atoms with Crippen molar-refractivity contribution < 1.29 is 34.2 Å². The van der Waals surface area contributed by atoms with Crippen LogP contribution in [0.5, 0.6) is 23.0 Å². The molecule has 0 aromatic heterocycles. The first-order valence-corrected chi connectivity index (χ1v) is 48.6. The van der Waals surface area contributed by atoms with Crippen LogP contribution >= 0.6 is 0 Å². The second kappa shape index (κ2) is 21.1. The molecule has 0 fully saturated rings. The summed E-state index contributed by atoms with van der Waals surface area (Å²) in [6.45, 7) is 43.3. The summed E-state index contributed by atoms with van der Waals surface area (Å²) >= 11 is 0. The Kier molecular flexibility index (Phi) is 17.2. The van der Waals surface area contributed by atoms with Crippen molar-refractivity contribution in [3.8, 4) is 23.0 Å². The Labute approximate surface area is 418 Å². The lowest BCUT2D eigenvalue weighted by atomic mass is 10.1. The number of benzene rings is 5. The third-order valence-electron chi connectivity index (χ3n) is 9.41. The molecule has 0 spiro atoms. The van der Waals surface area contributed by atoms with E-state index in [9.17, 15) is 0 Å². The van der Waals surface area contributed by atoms with E-state index in [4.69, 9.17) is 34.2 Å². The molecule has 5 aromatic carbocycles. The van der Waals surface area contributed by atoms with Crippen LogP contribution in [0.3, 0.4) is 0 Å². The van der Waals surface area contributed by atoms with E-state index in [2.05, 4.69) is 214 Å². The fourth-order valence-corrected chi connectivity index (χ4v) is 35.5. The van der Waals surface area contributed by atoms with E-state index < -0.39 is 67.5 Å². The molecule has 0 heterocycles. The van der Waals surface area contributed by atoms with Crippen LogP contribution in [0.1, 0.15) is 0 Å². The fraction of sp³-hybridized carbons (Fsp3) is 0.400. The molecule has 0 saturated carbocycles. The van der Waals surface area contributed by atoms with Crippen LogP contribution in [-0.2, 0) is 16.5 Å². The van der Waals surface area contributed by atoms with Crippen LogP contribution in [0.25, 0.3) is 0 Å².